The van der Waals surface area contributed by atoms with E-state index in [2.05, 4.69) is 46.5 Å². The van der Waals surface area contributed by atoms with Gasteiger partial charge in [0.1, 0.15) is 0 Å². The molecule has 3 rings (SSSR count). The predicted molar refractivity (Wildman–Crippen MR) is 88.6 cm³/mol. The number of rotatable bonds is 3. The molecule has 5 heteroatoms. The van der Waals surface area contributed by atoms with E-state index in [1.807, 2.05) is 12.1 Å². The monoisotopic (exact) mass is 316 g/mol. The normalized spacial score (nSPS) is 30.6. The van der Waals surface area contributed by atoms with E-state index in [9.17, 15) is 4.79 Å². The molecule has 2 heterocycles. The quantitative estimate of drug-likeness (QED) is 0.488. The topological polar surface area (TPSA) is 41.9 Å². The van der Waals surface area contributed by atoms with Crippen LogP contribution in [0.15, 0.2) is 29.3 Å². The van der Waals surface area contributed by atoms with Crippen molar-refractivity contribution in [2.24, 2.45) is 10.9 Å². The van der Waals surface area contributed by atoms with Crippen LogP contribution in [0.1, 0.15) is 30.7 Å². The smallest absolute Gasteiger partial charge is 0.310 e. The van der Waals surface area contributed by atoms with Crippen LogP contribution in [-0.4, -0.2) is 42.3 Å². The Bertz CT molecular complexity index is 610. The highest BCUT2D eigenvalue weighted by Gasteiger charge is 2.49. The van der Waals surface area contributed by atoms with E-state index < -0.39 is 0 Å². The molecule has 0 saturated carbocycles. The Balaban J connectivity index is 1.93. The molecule has 4 atom stereocenters. The van der Waals surface area contributed by atoms with E-state index in [4.69, 9.17) is 4.74 Å². The zero-order valence-electron chi connectivity index (χ0n) is 12.9. The minimum atomic E-state index is -0.0943. The summed E-state index contributed by atoms with van der Waals surface area (Å²) < 4.78 is 5.09. The van der Waals surface area contributed by atoms with Gasteiger partial charge in [-0.1, -0.05) is 12.1 Å². The average molecular weight is 316 g/mol. The predicted octanol–water partition coefficient (Wildman–Crippen LogP) is 3.16. The SMILES string of the molecule is COC(=O)C1C2CCC(C[C@@H]1c1ccc(N=C=S)cc1)N2C. The first-order valence-electron chi connectivity index (χ1n) is 7.63. The van der Waals surface area contributed by atoms with E-state index in [0.29, 0.717) is 6.04 Å². The third-order valence-electron chi connectivity index (χ3n) is 5.24. The molecular weight excluding hydrogens is 296 g/mol. The molecule has 0 amide bonds. The van der Waals surface area contributed by atoms with Crippen LogP contribution in [0.5, 0.6) is 0 Å². The van der Waals surface area contributed by atoms with Gasteiger partial charge in [0.05, 0.1) is 23.9 Å². The van der Waals surface area contributed by atoms with Gasteiger partial charge in [-0.15, -0.1) is 0 Å². The van der Waals surface area contributed by atoms with Crippen LogP contribution in [0.3, 0.4) is 0 Å². The standard InChI is InChI=1S/C17H20N2O2S/c1-19-13-7-8-15(19)16(17(20)21-2)14(9-13)11-3-5-12(6-4-11)18-10-22/h3-6,13-16H,7-9H2,1-2H3/t13?,14-,15?,16?/m1/s1. The van der Waals surface area contributed by atoms with Crippen LogP contribution in [0, 0.1) is 5.92 Å². The maximum absolute atomic E-state index is 12.4. The van der Waals surface area contributed by atoms with E-state index >= 15 is 0 Å². The lowest BCUT2D eigenvalue weighted by Gasteiger charge is -2.41. The average Bonchev–Trinajstić information content (AvgIpc) is 2.77. The summed E-state index contributed by atoms with van der Waals surface area (Å²) in [5, 5.41) is 2.38. The number of isothiocyanates is 1. The Morgan fingerprint density at radius 3 is 2.73 bits per heavy atom. The Morgan fingerprint density at radius 1 is 1.36 bits per heavy atom. The number of carbonyl (C=O) groups excluding carboxylic acids is 1. The number of fused-ring (bicyclic) bond motifs is 2. The third-order valence-corrected chi connectivity index (χ3v) is 5.33. The van der Waals surface area contributed by atoms with Gasteiger partial charge < -0.3 is 4.74 Å². The number of benzene rings is 1. The second-order valence-electron chi connectivity index (χ2n) is 6.15. The van der Waals surface area contributed by atoms with Crippen LogP contribution >= 0.6 is 12.2 Å². The molecule has 2 aliphatic rings. The lowest BCUT2D eigenvalue weighted by Crippen LogP contribution is -2.49. The van der Waals surface area contributed by atoms with Gasteiger partial charge >= 0.3 is 5.97 Å². The highest BCUT2D eigenvalue weighted by atomic mass is 32.1. The minimum absolute atomic E-state index is 0.0892. The Hall–Kier alpha value is -1.55. The van der Waals surface area contributed by atoms with Gasteiger partial charge in [-0.25, -0.2) is 0 Å². The van der Waals surface area contributed by atoms with Gasteiger partial charge in [-0.2, -0.15) is 4.99 Å². The molecule has 1 aromatic carbocycles. The van der Waals surface area contributed by atoms with E-state index in [0.717, 1.165) is 18.5 Å². The number of carbonyl (C=O) groups is 1. The van der Waals surface area contributed by atoms with E-state index in [1.54, 1.807) is 0 Å². The van der Waals surface area contributed by atoms with Crippen molar-refractivity contribution in [3.8, 4) is 0 Å². The fourth-order valence-corrected chi connectivity index (χ4v) is 4.22. The maximum atomic E-state index is 12.4. The number of methoxy groups -OCH3 is 1. The lowest BCUT2D eigenvalue weighted by atomic mass is 9.76. The fraction of sp³-hybridized carbons (Fsp3) is 0.529. The molecule has 0 aromatic heterocycles. The summed E-state index contributed by atoms with van der Waals surface area (Å²) in [6.45, 7) is 0. The molecule has 116 valence electrons. The summed E-state index contributed by atoms with van der Waals surface area (Å²) in [5.41, 5.74) is 1.98. The highest BCUT2D eigenvalue weighted by Crippen LogP contribution is 2.46. The number of aliphatic imine (C=N–C) groups is 1. The molecule has 2 saturated heterocycles. The number of esters is 1. The van der Waals surface area contributed by atoms with Crippen LogP contribution in [-0.2, 0) is 9.53 Å². The molecule has 0 spiro atoms. The molecule has 1 aromatic rings. The summed E-state index contributed by atoms with van der Waals surface area (Å²) in [4.78, 5) is 18.7. The van der Waals surface area contributed by atoms with E-state index in [-0.39, 0.29) is 23.8 Å². The first-order valence-corrected chi connectivity index (χ1v) is 8.04. The van der Waals surface area contributed by atoms with Gasteiger partial charge in [0.2, 0.25) is 0 Å². The lowest BCUT2D eigenvalue weighted by molar-refractivity contribution is -0.150. The number of nitrogens with zero attached hydrogens (tertiary/aromatic N) is 2. The van der Waals surface area contributed by atoms with Crippen molar-refractivity contribution in [3.63, 3.8) is 0 Å². The van der Waals surface area contributed by atoms with E-state index in [1.165, 1.54) is 19.1 Å². The molecule has 2 aliphatic heterocycles. The van der Waals surface area contributed by atoms with Crippen molar-refractivity contribution in [2.45, 2.75) is 37.3 Å². The summed E-state index contributed by atoms with van der Waals surface area (Å²) in [6, 6.07) is 8.82. The number of thiocarbonyl (C=S) groups is 1. The van der Waals surface area contributed by atoms with Crippen LogP contribution in [0.2, 0.25) is 0 Å². The van der Waals surface area contributed by atoms with Crippen molar-refractivity contribution in [3.05, 3.63) is 29.8 Å². The van der Waals surface area contributed by atoms with Crippen molar-refractivity contribution >= 4 is 29.0 Å². The second-order valence-corrected chi connectivity index (χ2v) is 6.33. The third kappa shape index (κ3) is 2.60. The number of hydrogen-bond acceptors (Lipinski definition) is 5. The van der Waals surface area contributed by atoms with Gasteiger partial charge in [0, 0.05) is 18.0 Å². The Labute approximate surface area is 136 Å². The molecule has 0 radical (unpaired) electrons. The largest absolute Gasteiger partial charge is 0.469 e. The number of ether oxygens (including phenoxy) is 1. The van der Waals surface area contributed by atoms with Crippen molar-refractivity contribution in [1.29, 1.82) is 0 Å². The first kappa shape index (κ1) is 15.3. The summed E-state index contributed by atoms with van der Waals surface area (Å²) >= 11 is 4.63. The molecule has 4 nitrogen and oxygen atoms in total. The second kappa shape index (κ2) is 6.29. The summed E-state index contributed by atoms with van der Waals surface area (Å²) in [5.74, 6) is 0.0310. The highest BCUT2D eigenvalue weighted by molar-refractivity contribution is 7.78. The number of piperidine rings is 1. The first-order chi connectivity index (χ1) is 10.7. The molecule has 3 unspecified atom stereocenters. The Kier molecular flexibility index (Phi) is 4.39. The van der Waals surface area contributed by atoms with Gasteiger partial charge in [0.25, 0.3) is 0 Å². The molecule has 22 heavy (non-hydrogen) atoms. The van der Waals surface area contributed by atoms with Crippen molar-refractivity contribution in [2.75, 3.05) is 14.2 Å². The fourth-order valence-electron chi connectivity index (χ4n) is 4.12. The minimum Gasteiger partial charge on any atom is -0.469 e. The van der Waals surface area contributed by atoms with Crippen LogP contribution in [0.4, 0.5) is 5.69 Å². The molecule has 0 N–H and O–H groups in total. The molecule has 2 bridgehead atoms. The van der Waals surface area contributed by atoms with Gasteiger partial charge in [-0.3, -0.25) is 9.69 Å². The van der Waals surface area contributed by atoms with Crippen molar-refractivity contribution < 1.29 is 9.53 Å². The zero-order chi connectivity index (χ0) is 15.7. The van der Waals surface area contributed by atoms with Gasteiger partial charge in [0.15, 0.2) is 0 Å². The van der Waals surface area contributed by atoms with Crippen LogP contribution < -0.4 is 0 Å². The van der Waals surface area contributed by atoms with Crippen LogP contribution in [0.25, 0.3) is 0 Å². The molecule has 0 aliphatic carbocycles. The molecular formula is C17H20N2O2S. The van der Waals surface area contributed by atoms with Crippen molar-refractivity contribution in [1.82, 2.24) is 4.90 Å². The number of hydrogen-bond donors (Lipinski definition) is 0. The Morgan fingerprint density at radius 2 is 2.09 bits per heavy atom. The summed E-state index contributed by atoms with van der Waals surface area (Å²) in [6.07, 6.45) is 3.24. The maximum Gasteiger partial charge on any atom is 0.310 e. The summed E-state index contributed by atoms with van der Waals surface area (Å²) in [7, 11) is 3.61. The van der Waals surface area contributed by atoms with Gasteiger partial charge in [-0.05, 0) is 56.2 Å². The zero-order valence-corrected chi connectivity index (χ0v) is 13.7. The molecule has 2 fully saturated rings.